The van der Waals surface area contributed by atoms with E-state index < -0.39 is 11.6 Å². The molecule has 0 fully saturated rings. The summed E-state index contributed by atoms with van der Waals surface area (Å²) in [5.74, 6) is 0.263. The molecule has 0 aliphatic carbocycles. The van der Waals surface area contributed by atoms with Gasteiger partial charge in [-0.3, -0.25) is 0 Å². The minimum Gasteiger partial charge on any atom is -0.374 e. The molecule has 2 rings (SSSR count). The van der Waals surface area contributed by atoms with Crippen LogP contribution in [0, 0.1) is 11.6 Å². The smallest absolute Gasteiger partial charge is 0.158 e. The van der Waals surface area contributed by atoms with Gasteiger partial charge in [0.15, 0.2) is 5.82 Å². The minimum atomic E-state index is -0.563. The van der Waals surface area contributed by atoms with E-state index in [9.17, 15) is 8.78 Å². The Balaban J connectivity index is 2.27. The Morgan fingerprint density at radius 2 is 1.90 bits per heavy atom. The summed E-state index contributed by atoms with van der Waals surface area (Å²) in [5.41, 5.74) is 0.0121. The van der Waals surface area contributed by atoms with Crippen LogP contribution in [0.15, 0.2) is 24.3 Å². The van der Waals surface area contributed by atoms with E-state index in [4.69, 9.17) is 4.74 Å². The standard InChI is InChI=1S/C14H16F2N4O/c1-3-21-8-14-19-12(17-2)7-13(20-14)18-11-6-9(15)4-5-10(11)16/h4-7H,3,8H2,1-2H3,(H2,17,18,19,20). The normalized spacial score (nSPS) is 10.5. The van der Waals surface area contributed by atoms with E-state index in [1.807, 2.05) is 6.92 Å². The fraction of sp³-hybridized carbons (Fsp3) is 0.286. The zero-order chi connectivity index (χ0) is 15.2. The van der Waals surface area contributed by atoms with Crippen LogP contribution in [0.3, 0.4) is 0 Å². The summed E-state index contributed by atoms with van der Waals surface area (Å²) in [4.78, 5) is 8.42. The van der Waals surface area contributed by atoms with Crippen LogP contribution in [0.1, 0.15) is 12.7 Å². The average molecular weight is 294 g/mol. The molecule has 0 unspecified atom stereocenters. The molecule has 0 radical (unpaired) electrons. The van der Waals surface area contributed by atoms with Gasteiger partial charge in [0, 0.05) is 25.8 Å². The molecular formula is C14H16F2N4O. The van der Waals surface area contributed by atoms with Gasteiger partial charge in [-0.15, -0.1) is 0 Å². The second-order valence-electron chi connectivity index (χ2n) is 4.19. The molecule has 1 aromatic heterocycles. The highest BCUT2D eigenvalue weighted by atomic mass is 19.1. The van der Waals surface area contributed by atoms with Crippen molar-refractivity contribution in [3.63, 3.8) is 0 Å². The number of nitrogens with zero attached hydrogens (tertiary/aromatic N) is 2. The number of nitrogens with one attached hydrogen (secondary N) is 2. The quantitative estimate of drug-likeness (QED) is 0.857. The van der Waals surface area contributed by atoms with Gasteiger partial charge in [0.25, 0.3) is 0 Å². The second kappa shape index (κ2) is 6.94. The fourth-order valence-electron chi connectivity index (χ4n) is 1.68. The number of halogens is 2. The maximum absolute atomic E-state index is 13.6. The Labute approximate surface area is 121 Å². The van der Waals surface area contributed by atoms with Crippen molar-refractivity contribution in [1.82, 2.24) is 9.97 Å². The lowest BCUT2D eigenvalue weighted by Gasteiger charge is -2.10. The Morgan fingerprint density at radius 3 is 2.62 bits per heavy atom. The number of aromatic nitrogens is 2. The van der Waals surface area contributed by atoms with Gasteiger partial charge in [-0.1, -0.05) is 0 Å². The van der Waals surface area contributed by atoms with Crippen LogP contribution < -0.4 is 10.6 Å². The van der Waals surface area contributed by atoms with Gasteiger partial charge in [0.1, 0.15) is 29.9 Å². The van der Waals surface area contributed by atoms with Crippen molar-refractivity contribution in [3.8, 4) is 0 Å². The second-order valence-corrected chi connectivity index (χ2v) is 4.19. The highest BCUT2D eigenvalue weighted by molar-refractivity contribution is 5.59. The number of ether oxygens (including phenoxy) is 1. The van der Waals surface area contributed by atoms with Crippen molar-refractivity contribution in [1.29, 1.82) is 0 Å². The van der Waals surface area contributed by atoms with Crippen LogP contribution in [-0.2, 0) is 11.3 Å². The molecule has 1 aromatic carbocycles. The van der Waals surface area contributed by atoms with Crippen molar-refractivity contribution in [2.45, 2.75) is 13.5 Å². The average Bonchev–Trinajstić information content (AvgIpc) is 2.48. The summed E-state index contributed by atoms with van der Waals surface area (Å²) in [6.07, 6.45) is 0. The summed E-state index contributed by atoms with van der Waals surface area (Å²) in [6, 6.07) is 4.78. The first kappa shape index (κ1) is 15.1. The van der Waals surface area contributed by atoms with Gasteiger partial charge in [-0.05, 0) is 19.1 Å². The van der Waals surface area contributed by atoms with Gasteiger partial charge >= 0.3 is 0 Å². The maximum Gasteiger partial charge on any atom is 0.158 e. The van der Waals surface area contributed by atoms with Gasteiger partial charge in [-0.2, -0.15) is 0 Å². The number of hydrogen-bond acceptors (Lipinski definition) is 5. The van der Waals surface area contributed by atoms with Crippen LogP contribution in [0.4, 0.5) is 26.1 Å². The van der Waals surface area contributed by atoms with Gasteiger partial charge in [0.05, 0.1) is 5.69 Å². The lowest BCUT2D eigenvalue weighted by Crippen LogP contribution is -2.06. The molecule has 7 heteroatoms. The molecule has 0 aliphatic heterocycles. The largest absolute Gasteiger partial charge is 0.374 e. The molecular weight excluding hydrogens is 278 g/mol. The Morgan fingerprint density at radius 1 is 1.14 bits per heavy atom. The molecule has 0 amide bonds. The lowest BCUT2D eigenvalue weighted by atomic mass is 10.3. The molecule has 2 aromatic rings. The first-order valence-electron chi connectivity index (χ1n) is 6.48. The van der Waals surface area contributed by atoms with Crippen molar-refractivity contribution >= 4 is 17.3 Å². The van der Waals surface area contributed by atoms with E-state index in [1.54, 1.807) is 13.1 Å². The summed E-state index contributed by atoms with van der Waals surface area (Å²) in [7, 11) is 1.71. The summed E-state index contributed by atoms with van der Waals surface area (Å²) >= 11 is 0. The van der Waals surface area contributed by atoms with Crippen LogP contribution in [0.5, 0.6) is 0 Å². The first-order valence-corrected chi connectivity index (χ1v) is 6.48. The Bertz CT molecular complexity index is 622. The van der Waals surface area contributed by atoms with Crippen molar-refractivity contribution in [2.75, 3.05) is 24.3 Å². The molecule has 5 nitrogen and oxygen atoms in total. The maximum atomic E-state index is 13.6. The number of rotatable bonds is 6. The van der Waals surface area contributed by atoms with E-state index in [1.165, 1.54) is 0 Å². The molecule has 112 valence electrons. The number of hydrogen-bond donors (Lipinski definition) is 2. The van der Waals surface area contributed by atoms with Crippen molar-refractivity contribution in [2.24, 2.45) is 0 Å². The predicted octanol–water partition coefficient (Wildman–Crippen LogP) is 3.08. The Hall–Kier alpha value is -2.28. The highest BCUT2D eigenvalue weighted by Crippen LogP contribution is 2.21. The number of anilines is 3. The zero-order valence-electron chi connectivity index (χ0n) is 11.8. The lowest BCUT2D eigenvalue weighted by molar-refractivity contribution is 0.128. The van der Waals surface area contributed by atoms with Crippen LogP contribution in [0.25, 0.3) is 0 Å². The third kappa shape index (κ3) is 4.09. The Kier molecular flexibility index (Phi) is 4.99. The topological polar surface area (TPSA) is 59.1 Å². The summed E-state index contributed by atoms with van der Waals surface area (Å²) in [6.45, 7) is 2.64. The third-order valence-electron chi connectivity index (χ3n) is 2.66. The van der Waals surface area contributed by atoms with Crippen LogP contribution >= 0.6 is 0 Å². The molecule has 0 atom stereocenters. The number of benzene rings is 1. The van der Waals surface area contributed by atoms with Crippen LogP contribution in [-0.4, -0.2) is 23.6 Å². The van der Waals surface area contributed by atoms with Crippen molar-refractivity contribution in [3.05, 3.63) is 41.7 Å². The summed E-state index contributed by atoms with van der Waals surface area (Å²) < 4.78 is 32.0. The van der Waals surface area contributed by atoms with Gasteiger partial charge < -0.3 is 15.4 Å². The first-order chi connectivity index (χ1) is 10.1. The fourth-order valence-corrected chi connectivity index (χ4v) is 1.68. The van der Waals surface area contributed by atoms with E-state index in [0.717, 1.165) is 18.2 Å². The molecule has 2 N–H and O–H groups in total. The van der Waals surface area contributed by atoms with E-state index >= 15 is 0 Å². The molecule has 0 saturated carbocycles. The minimum absolute atomic E-state index is 0.0121. The summed E-state index contributed by atoms with van der Waals surface area (Å²) in [5, 5.41) is 5.62. The SMILES string of the molecule is CCOCc1nc(NC)cc(Nc2cc(F)ccc2F)n1. The third-order valence-corrected chi connectivity index (χ3v) is 2.66. The molecule has 0 bridgehead atoms. The molecule has 0 spiro atoms. The zero-order valence-corrected chi connectivity index (χ0v) is 11.8. The molecule has 1 heterocycles. The molecule has 0 saturated heterocycles. The van der Waals surface area contributed by atoms with Gasteiger partial charge in [0.2, 0.25) is 0 Å². The van der Waals surface area contributed by atoms with Gasteiger partial charge in [-0.25, -0.2) is 18.7 Å². The highest BCUT2D eigenvalue weighted by Gasteiger charge is 2.08. The van der Waals surface area contributed by atoms with E-state index in [0.29, 0.717) is 24.1 Å². The predicted molar refractivity (Wildman–Crippen MR) is 76.5 cm³/mol. The molecule has 0 aliphatic rings. The molecule has 21 heavy (non-hydrogen) atoms. The van der Waals surface area contributed by atoms with Crippen molar-refractivity contribution < 1.29 is 13.5 Å². The van der Waals surface area contributed by atoms with Crippen LogP contribution in [0.2, 0.25) is 0 Å². The van der Waals surface area contributed by atoms with E-state index in [-0.39, 0.29) is 12.3 Å². The van der Waals surface area contributed by atoms with E-state index in [2.05, 4.69) is 20.6 Å². The monoisotopic (exact) mass is 294 g/mol.